The lowest BCUT2D eigenvalue weighted by atomic mass is 10.1. The summed E-state index contributed by atoms with van der Waals surface area (Å²) in [5.41, 5.74) is 5.73. The molecule has 0 aliphatic carbocycles. The number of nitrogens with one attached hydrogen (secondary N) is 3. The second-order valence-corrected chi connectivity index (χ2v) is 7.41. The van der Waals surface area contributed by atoms with E-state index in [2.05, 4.69) is 10.6 Å². The van der Waals surface area contributed by atoms with Crippen molar-refractivity contribution < 1.29 is 39.6 Å². The molecule has 0 aromatic carbocycles. The predicted octanol–water partition coefficient (Wildman–Crippen LogP) is -3.64. The maximum atomic E-state index is 12.5. The van der Waals surface area contributed by atoms with Crippen molar-refractivity contribution >= 4 is 35.5 Å². The van der Waals surface area contributed by atoms with Crippen molar-refractivity contribution in [1.29, 1.82) is 0 Å². The van der Waals surface area contributed by atoms with Crippen LogP contribution in [0.25, 0.3) is 0 Å². The molecule has 0 aliphatic heterocycles. The highest BCUT2D eigenvalue weighted by molar-refractivity contribution is 7.98. The van der Waals surface area contributed by atoms with Crippen molar-refractivity contribution in [3.8, 4) is 0 Å². The van der Waals surface area contributed by atoms with E-state index in [1.54, 1.807) is 0 Å². The molecule has 0 saturated heterocycles. The van der Waals surface area contributed by atoms with Crippen LogP contribution in [0.4, 0.5) is 0 Å². The van der Waals surface area contributed by atoms with Gasteiger partial charge < -0.3 is 42.1 Å². The van der Waals surface area contributed by atoms with E-state index in [0.717, 1.165) is 0 Å². The third-order valence-corrected chi connectivity index (χ3v) is 4.54. The molecule has 9 N–H and O–H groups in total. The summed E-state index contributed by atoms with van der Waals surface area (Å²) in [7, 11) is 0. The largest absolute Gasteiger partial charge is 0.480 e. The van der Waals surface area contributed by atoms with Gasteiger partial charge in [0.2, 0.25) is 17.7 Å². The molecule has 29 heavy (non-hydrogen) atoms. The van der Waals surface area contributed by atoms with E-state index in [9.17, 15) is 29.4 Å². The molecule has 0 rings (SSSR count). The molecule has 0 aliphatic rings. The molecule has 13 heteroatoms. The molecule has 12 nitrogen and oxygen atoms in total. The number of aliphatic hydroxyl groups is 3. The molecule has 0 aromatic heterocycles. The van der Waals surface area contributed by atoms with Gasteiger partial charge in [-0.3, -0.25) is 14.4 Å². The van der Waals surface area contributed by atoms with Crippen LogP contribution in [0.5, 0.6) is 0 Å². The lowest BCUT2D eigenvalue weighted by Gasteiger charge is -2.27. The molecule has 0 saturated carbocycles. The molecule has 3 amide bonds. The van der Waals surface area contributed by atoms with Crippen LogP contribution in [0.2, 0.25) is 0 Å². The van der Waals surface area contributed by atoms with Gasteiger partial charge in [0, 0.05) is 0 Å². The SMILES string of the molecule is CSCCC(N)C(=O)NC(C(=O)NC(C(=O)NC(CO)C(=O)O)C(C)O)C(C)O. The summed E-state index contributed by atoms with van der Waals surface area (Å²) in [6.45, 7) is 1.51. The number of hydrogen-bond donors (Lipinski definition) is 8. The number of carboxylic acid groups (broad SMARTS) is 1. The van der Waals surface area contributed by atoms with Gasteiger partial charge in [-0.05, 0) is 32.3 Å². The summed E-state index contributed by atoms with van der Waals surface area (Å²) in [5, 5.41) is 43.9. The molecule has 6 atom stereocenters. The molecule has 0 fully saturated rings. The lowest BCUT2D eigenvalue weighted by Crippen LogP contribution is -2.62. The van der Waals surface area contributed by atoms with Crippen molar-refractivity contribution in [2.24, 2.45) is 5.73 Å². The monoisotopic (exact) mass is 438 g/mol. The zero-order valence-electron chi connectivity index (χ0n) is 16.5. The molecule has 0 bridgehead atoms. The number of aliphatic hydroxyl groups excluding tert-OH is 3. The quantitative estimate of drug-likeness (QED) is 0.141. The highest BCUT2D eigenvalue weighted by Crippen LogP contribution is 2.03. The summed E-state index contributed by atoms with van der Waals surface area (Å²) >= 11 is 1.48. The number of carbonyl (C=O) groups excluding carboxylic acids is 3. The van der Waals surface area contributed by atoms with Crippen LogP contribution in [-0.2, 0) is 19.2 Å². The van der Waals surface area contributed by atoms with Gasteiger partial charge in [-0.2, -0.15) is 11.8 Å². The zero-order valence-corrected chi connectivity index (χ0v) is 17.3. The molecular formula is C16H30N4O8S. The van der Waals surface area contributed by atoms with E-state index >= 15 is 0 Å². The normalized spacial score (nSPS) is 17.2. The molecular weight excluding hydrogens is 408 g/mol. The minimum atomic E-state index is -1.64. The van der Waals surface area contributed by atoms with E-state index < -0.39 is 66.7 Å². The first-order chi connectivity index (χ1) is 13.5. The highest BCUT2D eigenvalue weighted by atomic mass is 32.2. The first kappa shape index (κ1) is 27.1. The Hall–Kier alpha value is -1.93. The van der Waals surface area contributed by atoms with Gasteiger partial charge >= 0.3 is 5.97 Å². The fraction of sp³-hybridized carbons (Fsp3) is 0.750. The molecule has 0 spiro atoms. The molecule has 6 unspecified atom stereocenters. The second kappa shape index (κ2) is 13.3. The predicted molar refractivity (Wildman–Crippen MR) is 105 cm³/mol. The molecule has 0 aromatic rings. The van der Waals surface area contributed by atoms with Crippen LogP contribution in [0.1, 0.15) is 20.3 Å². The third kappa shape index (κ3) is 9.41. The Labute approximate surface area is 172 Å². The van der Waals surface area contributed by atoms with E-state index in [1.807, 2.05) is 11.6 Å². The smallest absolute Gasteiger partial charge is 0.328 e. The van der Waals surface area contributed by atoms with Gasteiger partial charge in [-0.15, -0.1) is 0 Å². The van der Waals surface area contributed by atoms with Crippen LogP contribution < -0.4 is 21.7 Å². The Bertz CT molecular complexity index is 575. The number of rotatable bonds is 13. The van der Waals surface area contributed by atoms with E-state index in [1.165, 1.54) is 25.6 Å². The minimum Gasteiger partial charge on any atom is -0.480 e. The summed E-state index contributed by atoms with van der Waals surface area (Å²) in [6, 6.07) is -5.61. The van der Waals surface area contributed by atoms with E-state index in [4.69, 9.17) is 15.9 Å². The number of thioether (sulfide) groups is 1. The number of carbonyl (C=O) groups is 4. The van der Waals surface area contributed by atoms with Crippen molar-refractivity contribution in [3.63, 3.8) is 0 Å². The van der Waals surface area contributed by atoms with E-state index in [-0.39, 0.29) is 0 Å². The van der Waals surface area contributed by atoms with Gasteiger partial charge in [0.1, 0.15) is 18.1 Å². The average Bonchev–Trinajstić information content (AvgIpc) is 2.64. The standard InChI is InChI=1S/C16H30N4O8S/c1-7(22)11(14(25)18-10(6-21)16(27)28)20-15(26)12(8(2)23)19-13(24)9(17)4-5-29-3/h7-12,21-23H,4-6,17H2,1-3H3,(H,18,25)(H,19,24)(H,20,26)(H,27,28). The van der Waals surface area contributed by atoms with E-state index in [0.29, 0.717) is 12.2 Å². The number of carboxylic acids is 1. The van der Waals surface area contributed by atoms with Crippen LogP contribution in [0.3, 0.4) is 0 Å². The van der Waals surface area contributed by atoms with Crippen molar-refractivity contribution in [2.75, 3.05) is 18.6 Å². The van der Waals surface area contributed by atoms with Crippen molar-refractivity contribution in [2.45, 2.75) is 56.6 Å². The summed E-state index contributed by atoms with van der Waals surface area (Å²) in [6.07, 6.45) is -0.615. The first-order valence-corrected chi connectivity index (χ1v) is 10.2. The Morgan fingerprint density at radius 3 is 1.76 bits per heavy atom. The maximum Gasteiger partial charge on any atom is 0.328 e. The Morgan fingerprint density at radius 1 is 0.931 bits per heavy atom. The van der Waals surface area contributed by atoms with Gasteiger partial charge in [0.15, 0.2) is 0 Å². The molecule has 0 radical (unpaired) electrons. The van der Waals surface area contributed by atoms with Crippen LogP contribution in [0, 0.1) is 0 Å². The molecule has 168 valence electrons. The average molecular weight is 439 g/mol. The van der Waals surface area contributed by atoms with Gasteiger partial charge in [-0.1, -0.05) is 0 Å². The van der Waals surface area contributed by atoms with Gasteiger partial charge in [-0.25, -0.2) is 4.79 Å². The lowest BCUT2D eigenvalue weighted by molar-refractivity contribution is -0.144. The first-order valence-electron chi connectivity index (χ1n) is 8.81. The van der Waals surface area contributed by atoms with Gasteiger partial charge in [0.05, 0.1) is 24.9 Å². The molecule has 0 heterocycles. The number of aliphatic carboxylic acids is 1. The number of amides is 3. The van der Waals surface area contributed by atoms with Crippen molar-refractivity contribution in [1.82, 2.24) is 16.0 Å². The van der Waals surface area contributed by atoms with Crippen LogP contribution in [-0.4, -0.2) is 99.1 Å². The number of nitrogens with two attached hydrogens (primary N) is 1. The fourth-order valence-electron chi connectivity index (χ4n) is 2.14. The summed E-state index contributed by atoms with van der Waals surface area (Å²) in [4.78, 5) is 47.7. The fourth-order valence-corrected chi connectivity index (χ4v) is 2.63. The zero-order chi connectivity index (χ0) is 22.7. The number of hydrogen-bond acceptors (Lipinski definition) is 9. The topological polar surface area (TPSA) is 211 Å². The minimum absolute atomic E-state index is 0.345. The van der Waals surface area contributed by atoms with Crippen LogP contribution >= 0.6 is 11.8 Å². The van der Waals surface area contributed by atoms with Gasteiger partial charge in [0.25, 0.3) is 0 Å². The highest BCUT2D eigenvalue weighted by Gasteiger charge is 2.34. The van der Waals surface area contributed by atoms with Crippen LogP contribution in [0.15, 0.2) is 0 Å². The summed E-state index contributed by atoms with van der Waals surface area (Å²) < 4.78 is 0. The Kier molecular flexibility index (Phi) is 12.4. The Balaban J connectivity index is 5.21. The van der Waals surface area contributed by atoms with Crippen molar-refractivity contribution in [3.05, 3.63) is 0 Å². The second-order valence-electron chi connectivity index (χ2n) is 6.42. The third-order valence-electron chi connectivity index (χ3n) is 3.89. The maximum absolute atomic E-state index is 12.5. The summed E-state index contributed by atoms with van der Waals surface area (Å²) in [5.74, 6) is -3.63. The Morgan fingerprint density at radius 2 is 1.38 bits per heavy atom.